The molecule has 0 fully saturated rings. The van der Waals surface area contributed by atoms with Crippen molar-refractivity contribution in [1.29, 1.82) is 0 Å². The second-order valence-corrected chi connectivity index (χ2v) is 1.24. The molecular formula is C3H4N2O4. The average molecular weight is 132 g/mol. The quantitative estimate of drug-likeness (QED) is 0.173. The average Bonchev–Trinajstić information content (AvgIpc) is 1.64. The Morgan fingerprint density at radius 2 is 2.22 bits per heavy atom. The van der Waals surface area contributed by atoms with E-state index in [2.05, 4.69) is 5.16 Å². The lowest BCUT2D eigenvalue weighted by Gasteiger charge is -1.87. The Morgan fingerprint density at radius 3 is 2.22 bits per heavy atom. The fourth-order valence-corrected chi connectivity index (χ4v) is 0.235. The molecule has 0 unspecified atom stereocenters. The van der Waals surface area contributed by atoms with Crippen LogP contribution in [0, 0.1) is 10.1 Å². The van der Waals surface area contributed by atoms with Crippen molar-refractivity contribution in [3.63, 3.8) is 0 Å². The molecule has 0 rings (SSSR count). The molecule has 0 aromatic carbocycles. The van der Waals surface area contributed by atoms with E-state index in [0.29, 0.717) is 0 Å². The molecule has 0 saturated heterocycles. The van der Waals surface area contributed by atoms with E-state index in [1.165, 1.54) is 0 Å². The Hall–Kier alpha value is -1.46. The molecule has 0 atom stereocenters. The van der Waals surface area contributed by atoms with Crippen LogP contribution < -0.4 is 0 Å². The SMILES string of the molecule is CC(=O)/C(=N/O)[N+](=O)[O-]. The summed E-state index contributed by atoms with van der Waals surface area (Å²) in [5.74, 6) is -1.92. The third kappa shape index (κ3) is 1.85. The van der Waals surface area contributed by atoms with E-state index in [9.17, 15) is 14.9 Å². The molecule has 0 saturated carbocycles. The maximum Gasteiger partial charge on any atom is 0.452 e. The molecule has 0 heterocycles. The van der Waals surface area contributed by atoms with Gasteiger partial charge < -0.3 is 15.3 Å². The number of rotatable bonds is 1. The number of hydrogen-bond donors (Lipinski definition) is 1. The summed E-state index contributed by atoms with van der Waals surface area (Å²) in [6.45, 7) is 0.942. The first-order valence-electron chi connectivity index (χ1n) is 1.97. The van der Waals surface area contributed by atoms with Crippen molar-refractivity contribution in [2.45, 2.75) is 6.92 Å². The minimum absolute atomic E-state index is 0.873. The molecule has 0 aliphatic carbocycles. The zero-order valence-electron chi connectivity index (χ0n) is 4.57. The Kier molecular flexibility index (Phi) is 2.31. The van der Waals surface area contributed by atoms with Gasteiger partial charge in [0.15, 0.2) is 5.16 Å². The third-order valence-corrected chi connectivity index (χ3v) is 0.583. The molecule has 0 spiro atoms. The summed E-state index contributed by atoms with van der Waals surface area (Å²) >= 11 is 0. The van der Waals surface area contributed by atoms with E-state index in [1.807, 2.05) is 0 Å². The van der Waals surface area contributed by atoms with E-state index in [0.717, 1.165) is 6.92 Å². The van der Waals surface area contributed by atoms with Crippen LogP contribution >= 0.6 is 0 Å². The lowest BCUT2D eigenvalue weighted by molar-refractivity contribution is -0.350. The van der Waals surface area contributed by atoms with Crippen molar-refractivity contribution in [3.8, 4) is 0 Å². The van der Waals surface area contributed by atoms with Crippen LogP contribution in [0.25, 0.3) is 0 Å². The van der Waals surface area contributed by atoms with Crippen molar-refractivity contribution < 1.29 is 14.9 Å². The first-order valence-corrected chi connectivity index (χ1v) is 1.97. The predicted molar refractivity (Wildman–Crippen MR) is 26.9 cm³/mol. The molecule has 6 nitrogen and oxygen atoms in total. The van der Waals surface area contributed by atoms with E-state index in [4.69, 9.17) is 5.21 Å². The lowest BCUT2D eigenvalue weighted by Crippen LogP contribution is -2.19. The van der Waals surface area contributed by atoms with Crippen LogP contribution in [-0.2, 0) is 4.79 Å². The highest BCUT2D eigenvalue weighted by Gasteiger charge is 2.18. The van der Waals surface area contributed by atoms with Crippen LogP contribution in [0.15, 0.2) is 5.16 Å². The molecule has 0 amide bonds. The zero-order chi connectivity index (χ0) is 7.44. The molecule has 0 aromatic rings. The summed E-state index contributed by atoms with van der Waals surface area (Å²) in [6.07, 6.45) is 0. The zero-order valence-corrected chi connectivity index (χ0v) is 4.57. The van der Waals surface area contributed by atoms with Gasteiger partial charge in [-0.1, -0.05) is 0 Å². The van der Waals surface area contributed by atoms with E-state index < -0.39 is 16.5 Å². The summed E-state index contributed by atoms with van der Waals surface area (Å²) in [4.78, 5) is 18.7. The normalized spacial score (nSPS) is 11.0. The fourth-order valence-electron chi connectivity index (χ4n) is 0.235. The standard InChI is InChI=1S/C3H4N2O4/c1-2(6)3(4-7)5(8)9/h7H,1H3/b4-3-. The number of amidine groups is 1. The van der Waals surface area contributed by atoms with Gasteiger partial charge >= 0.3 is 5.84 Å². The van der Waals surface area contributed by atoms with Crippen LogP contribution in [0.2, 0.25) is 0 Å². The van der Waals surface area contributed by atoms with Gasteiger partial charge in [0, 0.05) is 6.92 Å². The van der Waals surface area contributed by atoms with Crippen molar-refractivity contribution in [3.05, 3.63) is 10.1 Å². The summed E-state index contributed by atoms with van der Waals surface area (Å²) in [5, 5.41) is 19.6. The maximum absolute atomic E-state index is 10.1. The number of ketones is 1. The largest absolute Gasteiger partial charge is 0.452 e. The molecule has 0 aliphatic heterocycles. The van der Waals surface area contributed by atoms with Gasteiger partial charge in [-0.05, 0) is 4.92 Å². The molecule has 50 valence electrons. The van der Waals surface area contributed by atoms with Gasteiger partial charge in [0.1, 0.15) is 0 Å². The highest BCUT2D eigenvalue weighted by Crippen LogP contribution is 1.79. The van der Waals surface area contributed by atoms with Crippen molar-refractivity contribution >= 4 is 11.6 Å². The number of oxime groups is 1. The van der Waals surface area contributed by atoms with Gasteiger partial charge in [0.05, 0.1) is 0 Å². The molecule has 0 radical (unpaired) electrons. The van der Waals surface area contributed by atoms with Gasteiger partial charge in [-0.2, -0.15) is 0 Å². The number of Topliss-reactive ketones (excluding diaryl/α,β-unsaturated/α-hetero) is 1. The summed E-state index contributed by atoms with van der Waals surface area (Å²) in [5.41, 5.74) is 0. The van der Waals surface area contributed by atoms with Crippen molar-refractivity contribution in [2.75, 3.05) is 0 Å². The lowest BCUT2D eigenvalue weighted by atomic mass is 10.4. The van der Waals surface area contributed by atoms with Crippen LogP contribution in [0.4, 0.5) is 0 Å². The monoisotopic (exact) mass is 132 g/mol. The summed E-state index contributed by atoms with van der Waals surface area (Å²) < 4.78 is 0. The van der Waals surface area contributed by atoms with Gasteiger partial charge in [-0.15, -0.1) is 0 Å². The Bertz CT molecular complexity index is 157. The highest BCUT2D eigenvalue weighted by atomic mass is 16.6. The molecule has 0 aromatic heterocycles. The summed E-state index contributed by atoms with van der Waals surface area (Å²) in [7, 11) is 0. The van der Waals surface area contributed by atoms with Crippen LogP contribution in [0.5, 0.6) is 0 Å². The van der Waals surface area contributed by atoms with Gasteiger partial charge in [0.2, 0.25) is 0 Å². The predicted octanol–water partition coefficient (Wildman–Crippen LogP) is -0.360. The first-order chi connectivity index (χ1) is 4.09. The summed E-state index contributed by atoms with van der Waals surface area (Å²) in [6, 6.07) is 0. The van der Waals surface area contributed by atoms with Crippen LogP contribution in [0.3, 0.4) is 0 Å². The fraction of sp³-hybridized carbons (Fsp3) is 0.333. The Balaban J connectivity index is 4.38. The smallest absolute Gasteiger partial charge is 0.358 e. The first kappa shape index (κ1) is 7.54. The highest BCUT2D eigenvalue weighted by molar-refractivity contribution is 6.34. The van der Waals surface area contributed by atoms with E-state index >= 15 is 0 Å². The molecule has 6 heteroatoms. The number of nitrogens with zero attached hydrogens (tertiary/aromatic N) is 2. The topological polar surface area (TPSA) is 92.8 Å². The number of carbonyl (C=O) groups excluding carboxylic acids is 1. The minimum atomic E-state index is -1.05. The molecular weight excluding hydrogens is 128 g/mol. The van der Waals surface area contributed by atoms with Crippen LogP contribution in [-0.4, -0.2) is 21.7 Å². The number of carbonyl (C=O) groups is 1. The van der Waals surface area contributed by atoms with Gasteiger partial charge in [-0.3, -0.25) is 4.79 Å². The second kappa shape index (κ2) is 2.75. The number of nitro groups is 1. The molecule has 1 N–H and O–H groups in total. The van der Waals surface area contributed by atoms with Crippen molar-refractivity contribution in [2.24, 2.45) is 5.16 Å². The molecule has 9 heavy (non-hydrogen) atoms. The number of hydrogen-bond acceptors (Lipinski definition) is 5. The maximum atomic E-state index is 10.1. The molecule has 0 aliphatic rings. The second-order valence-electron chi connectivity index (χ2n) is 1.24. The van der Waals surface area contributed by atoms with E-state index in [1.54, 1.807) is 0 Å². The van der Waals surface area contributed by atoms with Gasteiger partial charge in [0.25, 0.3) is 5.78 Å². The third-order valence-electron chi connectivity index (χ3n) is 0.583. The van der Waals surface area contributed by atoms with E-state index in [-0.39, 0.29) is 0 Å². The minimum Gasteiger partial charge on any atom is -0.358 e. The van der Waals surface area contributed by atoms with Crippen molar-refractivity contribution in [1.82, 2.24) is 0 Å². The Morgan fingerprint density at radius 1 is 1.78 bits per heavy atom. The van der Waals surface area contributed by atoms with Crippen LogP contribution in [0.1, 0.15) is 6.92 Å². The van der Waals surface area contributed by atoms with Gasteiger partial charge in [-0.25, -0.2) is 0 Å². The molecule has 0 bridgehead atoms. The Labute approximate surface area is 49.9 Å².